The first kappa shape index (κ1) is 26.6. The minimum Gasteiger partial charge on any atom is -0.496 e. The van der Waals surface area contributed by atoms with Gasteiger partial charge >= 0.3 is 0 Å². The molecular weight excluding hydrogens is 494 g/mol. The molecule has 2 aromatic carbocycles. The quantitative estimate of drug-likeness (QED) is 0.281. The fraction of sp³-hybridized carbons (Fsp3) is 0.355. The zero-order chi connectivity index (χ0) is 27.2. The molecule has 3 heterocycles. The topological polar surface area (TPSA) is 77.3 Å². The molecule has 8 heteroatoms. The van der Waals surface area contributed by atoms with Gasteiger partial charge in [-0.25, -0.2) is 4.98 Å². The molecule has 0 radical (unpaired) electrons. The third-order valence-electron chi connectivity index (χ3n) is 7.10. The zero-order valence-electron chi connectivity index (χ0n) is 22.8. The first-order valence-corrected chi connectivity index (χ1v) is 13.3. The number of fused-ring (bicyclic) bond motifs is 1. The van der Waals surface area contributed by atoms with Crippen molar-refractivity contribution < 1.29 is 23.4 Å². The van der Waals surface area contributed by atoms with E-state index in [1.807, 2.05) is 29.2 Å². The summed E-state index contributed by atoms with van der Waals surface area (Å²) in [5.74, 6) is 3.00. The third-order valence-corrected chi connectivity index (χ3v) is 7.10. The molecule has 0 aliphatic carbocycles. The Kier molecular flexibility index (Phi) is 8.32. The summed E-state index contributed by atoms with van der Waals surface area (Å²) in [6, 6.07) is 17.9. The number of aryl methyl sites for hydroxylation is 2. The molecular formula is C31H35N3O5. The van der Waals surface area contributed by atoms with Gasteiger partial charge in [-0.15, -0.1) is 0 Å². The number of anilines is 1. The lowest BCUT2D eigenvalue weighted by Crippen LogP contribution is -2.38. The molecule has 0 atom stereocenters. The Morgan fingerprint density at radius 2 is 1.74 bits per heavy atom. The number of aromatic nitrogens is 1. The summed E-state index contributed by atoms with van der Waals surface area (Å²) in [5, 5.41) is 0.842. The lowest BCUT2D eigenvalue weighted by molar-refractivity contribution is -0.132. The van der Waals surface area contributed by atoms with E-state index < -0.39 is 0 Å². The summed E-state index contributed by atoms with van der Waals surface area (Å²) < 4.78 is 22.6. The predicted molar refractivity (Wildman–Crippen MR) is 150 cm³/mol. The molecule has 0 bridgehead atoms. The SMILES string of the molecule is COc1ccc(OC)c2nc(N3CCOCC3)c(CN(Cc3ccco3)C(=O)CCc3ccc(C)cc3)cc12. The van der Waals surface area contributed by atoms with Crippen molar-refractivity contribution in [1.29, 1.82) is 0 Å². The van der Waals surface area contributed by atoms with Gasteiger partial charge in [-0.05, 0) is 49.2 Å². The number of hydrogen-bond acceptors (Lipinski definition) is 7. The summed E-state index contributed by atoms with van der Waals surface area (Å²) in [7, 11) is 3.29. The highest BCUT2D eigenvalue weighted by molar-refractivity contribution is 5.92. The van der Waals surface area contributed by atoms with Gasteiger partial charge in [0.25, 0.3) is 0 Å². The Morgan fingerprint density at radius 3 is 2.44 bits per heavy atom. The normalized spacial score (nSPS) is 13.5. The molecule has 39 heavy (non-hydrogen) atoms. The minimum atomic E-state index is 0.0533. The van der Waals surface area contributed by atoms with E-state index in [4.69, 9.17) is 23.6 Å². The van der Waals surface area contributed by atoms with Gasteiger partial charge in [0.2, 0.25) is 5.91 Å². The van der Waals surface area contributed by atoms with Gasteiger partial charge in [0.15, 0.2) is 0 Å². The Morgan fingerprint density at radius 1 is 1.00 bits per heavy atom. The van der Waals surface area contributed by atoms with Crippen LogP contribution in [0, 0.1) is 6.92 Å². The van der Waals surface area contributed by atoms with E-state index in [-0.39, 0.29) is 5.91 Å². The van der Waals surface area contributed by atoms with Crippen molar-refractivity contribution in [2.24, 2.45) is 0 Å². The maximum absolute atomic E-state index is 13.7. The number of carbonyl (C=O) groups excluding carboxylic acids is 1. The lowest BCUT2D eigenvalue weighted by atomic mass is 10.1. The number of benzene rings is 2. The molecule has 0 N–H and O–H groups in total. The number of methoxy groups -OCH3 is 2. The van der Waals surface area contributed by atoms with Crippen LogP contribution in [0.15, 0.2) is 65.3 Å². The minimum absolute atomic E-state index is 0.0533. The Labute approximate surface area is 229 Å². The number of amides is 1. The van der Waals surface area contributed by atoms with Crippen LogP contribution in [0.25, 0.3) is 10.9 Å². The fourth-order valence-electron chi connectivity index (χ4n) is 4.94. The number of furan rings is 1. The van der Waals surface area contributed by atoms with Crippen LogP contribution >= 0.6 is 0 Å². The van der Waals surface area contributed by atoms with Gasteiger partial charge < -0.3 is 28.4 Å². The van der Waals surface area contributed by atoms with Crippen LogP contribution in [-0.2, 0) is 29.0 Å². The second kappa shape index (κ2) is 12.2. The van der Waals surface area contributed by atoms with Crippen molar-refractivity contribution in [2.75, 3.05) is 45.4 Å². The third kappa shape index (κ3) is 6.17. The summed E-state index contributed by atoms with van der Waals surface area (Å²) in [6.45, 7) is 5.50. The molecule has 1 saturated heterocycles. The highest BCUT2D eigenvalue weighted by Gasteiger charge is 2.24. The van der Waals surface area contributed by atoms with Gasteiger partial charge in [0.05, 0.1) is 40.2 Å². The van der Waals surface area contributed by atoms with Crippen LogP contribution in [0.1, 0.15) is 28.9 Å². The van der Waals surface area contributed by atoms with Crippen molar-refractivity contribution in [2.45, 2.75) is 32.9 Å². The highest BCUT2D eigenvalue weighted by Crippen LogP contribution is 2.36. The molecule has 5 rings (SSSR count). The van der Waals surface area contributed by atoms with Gasteiger partial charge in [0.1, 0.15) is 28.6 Å². The Balaban J connectivity index is 1.51. The molecule has 1 aliphatic heterocycles. The summed E-state index contributed by atoms with van der Waals surface area (Å²) >= 11 is 0. The summed E-state index contributed by atoms with van der Waals surface area (Å²) in [5.41, 5.74) is 4.01. The van der Waals surface area contributed by atoms with Crippen molar-refractivity contribution >= 4 is 22.6 Å². The standard InChI is InChI=1S/C31H35N3O5/c1-22-6-8-23(9-7-22)10-13-29(35)34(21-25-5-4-16-39-25)20-24-19-26-27(36-2)11-12-28(37-3)30(26)32-31(24)33-14-17-38-18-15-33/h4-9,11-12,16,19H,10,13-15,17-18,20-21H2,1-3H3. The van der Waals surface area contributed by atoms with Gasteiger partial charge in [0, 0.05) is 37.0 Å². The van der Waals surface area contributed by atoms with Crippen molar-refractivity contribution in [3.05, 3.63) is 83.3 Å². The second-order valence-electron chi connectivity index (χ2n) is 9.75. The van der Waals surface area contributed by atoms with Gasteiger partial charge in [-0.2, -0.15) is 0 Å². The monoisotopic (exact) mass is 529 g/mol. The average molecular weight is 530 g/mol. The second-order valence-corrected chi connectivity index (χ2v) is 9.75. The van der Waals surface area contributed by atoms with Crippen LogP contribution < -0.4 is 14.4 Å². The van der Waals surface area contributed by atoms with E-state index in [2.05, 4.69) is 42.2 Å². The number of pyridine rings is 1. The number of carbonyl (C=O) groups is 1. The summed E-state index contributed by atoms with van der Waals surface area (Å²) in [6.07, 6.45) is 2.71. The van der Waals surface area contributed by atoms with Crippen molar-refractivity contribution in [1.82, 2.24) is 9.88 Å². The Bertz CT molecular complexity index is 1400. The van der Waals surface area contributed by atoms with E-state index in [9.17, 15) is 4.79 Å². The van der Waals surface area contributed by atoms with Crippen molar-refractivity contribution in [3.8, 4) is 11.5 Å². The lowest BCUT2D eigenvalue weighted by Gasteiger charge is -2.31. The smallest absolute Gasteiger partial charge is 0.223 e. The molecule has 8 nitrogen and oxygen atoms in total. The van der Waals surface area contributed by atoms with E-state index in [0.29, 0.717) is 50.6 Å². The number of hydrogen-bond donors (Lipinski definition) is 0. The van der Waals surface area contributed by atoms with Crippen molar-refractivity contribution in [3.63, 3.8) is 0 Å². The molecule has 1 fully saturated rings. The van der Waals surface area contributed by atoms with E-state index in [1.165, 1.54) is 5.56 Å². The van der Waals surface area contributed by atoms with Gasteiger partial charge in [-0.3, -0.25) is 4.79 Å². The zero-order valence-corrected chi connectivity index (χ0v) is 22.8. The number of morpholine rings is 1. The molecule has 0 spiro atoms. The van der Waals surface area contributed by atoms with E-state index in [0.717, 1.165) is 46.7 Å². The van der Waals surface area contributed by atoms with Crippen LogP contribution in [0.2, 0.25) is 0 Å². The largest absolute Gasteiger partial charge is 0.496 e. The fourth-order valence-corrected chi connectivity index (χ4v) is 4.94. The van der Waals surface area contributed by atoms with Crippen LogP contribution in [-0.4, -0.2) is 56.3 Å². The van der Waals surface area contributed by atoms with Crippen LogP contribution in [0.5, 0.6) is 11.5 Å². The highest BCUT2D eigenvalue weighted by atomic mass is 16.5. The molecule has 4 aromatic rings. The molecule has 0 unspecified atom stereocenters. The molecule has 204 valence electrons. The first-order chi connectivity index (χ1) is 19.1. The molecule has 2 aromatic heterocycles. The Hall–Kier alpha value is -4.04. The first-order valence-electron chi connectivity index (χ1n) is 13.3. The molecule has 1 aliphatic rings. The molecule has 0 saturated carbocycles. The maximum Gasteiger partial charge on any atom is 0.223 e. The van der Waals surface area contributed by atoms with Crippen LogP contribution in [0.4, 0.5) is 5.82 Å². The number of ether oxygens (including phenoxy) is 3. The summed E-state index contributed by atoms with van der Waals surface area (Å²) in [4.78, 5) is 22.8. The molecule has 1 amide bonds. The van der Waals surface area contributed by atoms with E-state index in [1.54, 1.807) is 20.5 Å². The van der Waals surface area contributed by atoms with E-state index >= 15 is 0 Å². The average Bonchev–Trinajstić information content (AvgIpc) is 3.49. The maximum atomic E-state index is 13.7. The number of nitrogens with zero attached hydrogens (tertiary/aromatic N) is 3. The number of rotatable bonds is 10. The predicted octanol–water partition coefficient (Wildman–Crippen LogP) is 5.15. The van der Waals surface area contributed by atoms with Gasteiger partial charge in [-0.1, -0.05) is 29.8 Å². The van der Waals surface area contributed by atoms with Crippen LogP contribution in [0.3, 0.4) is 0 Å².